The SMILES string of the molecule is CCOC(=O)Cc1[nH]c2ccccc2c1C(c1ccccc1)C(NC(=O)OCc1ccccc1)C(=O)OC(C)(C)C. The molecule has 1 amide bonds. The van der Waals surface area contributed by atoms with Crippen molar-refractivity contribution in [1.82, 2.24) is 10.3 Å². The number of aromatic amines is 1. The van der Waals surface area contributed by atoms with Crippen LogP contribution < -0.4 is 5.32 Å². The van der Waals surface area contributed by atoms with Gasteiger partial charge in [0.1, 0.15) is 18.2 Å². The van der Waals surface area contributed by atoms with Crippen molar-refractivity contribution < 1.29 is 28.6 Å². The number of hydrogen-bond donors (Lipinski definition) is 2. The van der Waals surface area contributed by atoms with Crippen LogP contribution in [0, 0.1) is 0 Å². The van der Waals surface area contributed by atoms with Crippen LogP contribution in [0.5, 0.6) is 0 Å². The summed E-state index contributed by atoms with van der Waals surface area (Å²) in [5, 5.41) is 3.61. The van der Waals surface area contributed by atoms with Crippen molar-refractivity contribution in [2.45, 2.75) is 58.3 Å². The first kappa shape index (κ1) is 29.4. The molecule has 4 aromatic rings. The summed E-state index contributed by atoms with van der Waals surface area (Å²) in [5.74, 6) is -1.76. The van der Waals surface area contributed by atoms with Crippen LogP contribution >= 0.6 is 0 Å². The minimum atomic E-state index is -1.18. The number of carbonyl (C=O) groups excluding carboxylic acids is 3. The highest BCUT2D eigenvalue weighted by molar-refractivity contribution is 5.90. The van der Waals surface area contributed by atoms with Crippen molar-refractivity contribution in [2.75, 3.05) is 6.61 Å². The van der Waals surface area contributed by atoms with Gasteiger partial charge in [-0.15, -0.1) is 0 Å². The van der Waals surface area contributed by atoms with E-state index in [0.29, 0.717) is 11.3 Å². The molecule has 8 nitrogen and oxygen atoms in total. The summed E-state index contributed by atoms with van der Waals surface area (Å²) in [4.78, 5) is 43.1. The highest BCUT2D eigenvalue weighted by Crippen LogP contribution is 2.37. The Balaban J connectivity index is 1.82. The van der Waals surface area contributed by atoms with Gasteiger partial charge in [-0.3, -0.25) is 4.79 Å². The molecular weight excluding hydrogens is 520 g/mol. The molecule has 0 aliphatic rings. The van der Waals surface area contributed by atoms with Gasteiger partial charge in [-0.25, -0.2) is 9.59 Å². The fraction of sp³-hybridized carbons (Fsp3) is 0.303. The Morgan fingerprint density at radius 1 is 0.854 bits per heavy atom. The smallest absolute Gasteiger partial charge is 0.408 e. The lowest BCUT2D eigenvalue weighted by Crippen LogP contribution is -2.48. The van der Waals surface area contributed by atoms with E-state index in [1.165, 1.54) is 0 Å². The molecule has 0 spiro atoms. The summed E-state index contributed by atoms with van der Waals surface area (Å²) >= 11 is 0. The average Bonchev–Trinajstić information content (AvgIpc) is 3.29. The van der Waals surface area contributed by atoms with Gasteiger partial charge < -0.3 is 24.5 Å². The summed E-state index contributed by atoms with van der Waals surface area (Å²) in [7, 11) is 0. The highest BCUT2D eigenvalue weighted by atomic mass is 16.6. The summed E-state index contributed by atoms with van der Waals surface area (Å²) in [6, 6.07) is 25.1. The largest absolute Gasteiger partial charge is 0.466 e. The van der Waals surface area contributed by atoms with E-state index in [4.69, 9.17) is 14.2 Å². The zero-order valence-corrected chi connectivity index (χ0v) is 23.8. The molecule has 1 aromatic heterocycles. The Labute approximate surface area is 240 Å². The number of para-hydroxylation sites is 1. The van der Waals surface area contributed by atoms with Gasteiger partial charge in [-0.2, -0.15) is 0 Å². The van der Waals surface area contributed by atoms with Crippen LogP contribution in [0.2, 0.25) is 0 Å². The molecule has 0 saturated heterocycles. The second-order valence-corrected chi connectivity index (χ2v) is 10.7. The van der Waals surface area contributed by atoms with E-state index in [1.807, 2.05) is 84.9 Å². The molecule has 4 rings (SSSR count). The molecular formula is C33H36N2O6. The number of amides is 1. The third kappa shape index (κ3) is 7.75. The minimum absolute atomic E-state index is 0.0326. The van der Waals surface area contributed by atoms with E-state index in [-0.39, 0.29) is 19.6 Å². The first-order valence-corrected chi connectivity index (χ1v) is 13.7. The Morgan fingerprint density at radius 3 is 2.15 bits per heavy atom. The minimum Gasteiger partial charge on any atom is -0.466 e. The number of ether oxygens (including phenoxy) is 3. The van der Waals surface area contributed by atoms with Crippen molar-refractivity contribution >= 4 is 28.9 Å². The zero-order valence-electron chi connectivity index (χ0n) is 23.8. The summed E-state index contributed by atoms with van der Waals surface area (Å²) in [6.45, 7) is 7.33. The number of H-pyrrole nitrogens is 1. The van der Waals surface area contributed by atoms with Crippen molar-refractivity contribution in [3.8, 4) is 0 Å². The topological polar surface area (TPSA) is 107 Å². The Morgan fingerprint density at radius 2 is 1.49 bits per heavy atom. The predicted octanol–water partition coefficient (Wildman–Crippen LogP) is 6.04. The number of benzene rings is 3. The lowest BCUT2D eigenvalue weighted by Gasteiger charge is -2.30. The number of nitrogens with one attached hydrogen (secondary N) is 2. The molecule has 2 unspecified atom stereocenters. The van der Waals surface area contributed by atoms with Gasteiger partial charge in [0.15, 0.2) is 0 Å². The van der Waals surface area contributed by atoms with E-state index in [2.05, 4.69) is 10.3 Å². The number of carbonyl (C=O) groups is 3. The van der Waals surface area contributed by atoms with E-state index in [1.54, 1.807) is 27.7 Å². The van der Waals surface area contributed by atoms with E-state index in [0.717, 1.165) is 22.0 Å². The van der Waals surface area contributed by atoms with E-state index >= 15 is 0 Å². The maximum Gasteiger partial charge on any atom is 0.408 e. The molecule has 8 heteroatoms. The van der Waals surface area contributed by atoms with Crippen molar-refractivity contribution in [3.05, 3.63) is 107 Å². The first-order valence-electron chi connectivity index (χ1n) is 13.7. The molecule has 0 saturated carbocycles. The third-order valence-corrected chi connectivity index (χ3v) is 6.40. The Bertz CT molecular complexity index is 1470. The maximum absolute atomic E-state index is 13.9. The highest BCUT2D eigenvalue weighted by Gasteiger charge is 2.39. The molecule has 0 fully saturated rings. The van der Waals surface area contributed by atoms with Crippen LogP contribution in [-0.2, 0) is 36.8 Å². The molecule has 2 atom stereocenters. The molecule has 41 heavy (non-hydrogen) atoms. The van der Waals surface area contributed by atoms with Crippen molar-refractivity contribution in [3.63, 3.8) is 0 Å². The van der Waals surface area contributed by atoms with Gasteiger partial charge in [-0.05, 0) is 50.5 Å². The fourth-order valence-corrected chi connectivity index (χ4v) is 4.79. The number of alkyl carbamates (subject to hydrolysis) is 1. The summed E-state index contributed by atoms with van der Waals surface area (Å²) in [5.41, 5.74) is 2.81. The van der Waals surface area contributed by atoms with Gasteiger partial charge in [-0.1, -0.05) is 78.9 Å². The molecule has 0 bridgehead atoms. The van der Waals surface area contributed by atoms with E-state index in [9.17, 15) is 14.4 Å². The third-order valence-electron chi connectivity index (χ3n) is 6.40. The summed E-state index contributed by atoms with van der Waals surface area (Å²) in [6.07, 6.45) is -0.807. The predicted molar refractivity (Wildman–Crippen MR) is 156 cm³/mol. The van der Waals surface area contributed by atoms with Crippen LogP contribution in [-0.4, -0.2) is 41.3 Å². The first-order chi connectivity index (χ1) is 19.7. The standard InChI is InChI=1S/C33H36N2O6/c1-5-39-27(36)20-26-29(24-18-12-13-19-25(24)34-26)28(23-16-10-7-11-17-23)30(31(37)41-33(2,3)4)35-32(38)40-21-22-14-8-6-9-15-22/h6-19,28,30,34H,5,20-21H2,1-4H3,(H,35,38). The van der Waals surface area contributed by atoms with Crippen molar-refractivity contribution in [1.29, 1.82) is 0 Å². The second-order valence-electron chi connectivity index (χ2n) is 10.7. The fourth-order valence-electron chi connectivity index (χ4n) is 4.79. The molecule has 2 N–H and O–H groups in total. The van der Waals surface area contributed by atoms with Crippen LogP contribution in [0.4, 0.5) is 4.79 Å². The molecule has 0 aliphatic carbocycles. The lowest BCUT2D eigenvalue weighted by atomic mass is 9.82. The molecule has 0 aliphatic heterocycles. The monoisotopic (exact) mass is 556 g/mol. The second kappa shape index (κ2) is 13.2. The van der Waals surface area contributed by atoms with Crippen LogP contribution in [0.1, 0.15) is 56.0 Å². The van der Waals surface area contributed by atoms with Gasteiger partial charge in [0.05, 0.1) is 13.0 Å². The molecule has 1 heterocycles. The van der Waals surface area contributed by atoms with Gasteiger partial charge in [0.2, 0.25) is 0 Å². The van der Waals surface area contributed by atoms with Gasteiger partial charge in [0.25, 0.3) is 0 Å². The number of hydrogen-bond acceptors (Lipinski definition) is 6. The van der Waals surface area contributed by atoms with Crippen LogP contribution in [0.25, 0.3) is 10.9 Å². The normalized spacial score (nSPS) is 12.8. The number of rotatable bonds is 10. The van der Waals surface area contributed by atoms with Gasteiger partial charge >= 0.3 is 18.0 Å². The van der Waals surface area contributed by atoms with Crippen LogP contribution in [0.15, 0.2) is 84.9 Å². The molecule has 214 valence electrons. The Kier molecular flexibility index (Phi) is 9.45. The summed E-state index contributed by atoms with van der Waals surface area (Å²) < 4.78 is 16.6. The van der Waals surface area contributed by atoms with E-state index < -0.39 is 35.6 Å². The number of aromatic nitrogens is 1. The quantitative estimate of drug-likeness (QED) is 0.182. The molecule has 0 radical (unpaired) electrons. The number of esters is 2. The van der Waals surface area contributed by atoms with Crippen LogP contribution in [0.3, 0.4) is 0 Å². The lowest BCUT2D eigenvalue weighted by molar-refractivity contribution is -0.157. The number of fused-ring (bicyclic) bond motifs is 1. The average molecular weight is 557 g/mol. The zero-order chi connectivity index (χ0) is 29.4. The van der Waals surface area contributed by atoms with Gasteiger partial charge in [0, 0.05) is 22.5 Å². The van der Waals surface area contributed by atoms with Crippen molar-refractivity contribution in [2.24, 2.45) is 0 Å². The Hall–Kier alpha value is -4.59. The molecule has 3 aromatic carbocycles. The maximum atomic E-state index is 13.9.